The average Bonchev–Trinajstić information content (AvgIpc) is 2.74. The van der Waals surface area contributed by atoms with Crippen LogP contribution in [0.1, 0.15) is 24.8 Å². The zero-order valence-electron chi connectivity index (χ0n) is 16.3. The molecule has 1 amide bonds. The number of carbonyl (C=O) groups is 1. The van der Waals surface area contributed by atoms with Crippen molar-refractivity contribution in [2.75, 3.05) is 19.3 Å². The molecule has 2 aromatic carbocycles. The second-order valence-electron chi connectivity index (χ2n) is 6.97. The van der Waals surface area contributed by atoms with E-state index in [4.69, 9.17) is 11.6 Å². The minimum atomic E-state index is -3.75. The van der Waals surface area contributed by atoms with Crippen LogP contribution in [0, 0.1) is 0 Å². The summed E-state index contributed by atoms with van der Waals surface area (Å²) in [5.41, 5.74) is 1.14. The topological polar surface area (TPSA) is 66.5 Å². The highest BCUT2D eigenvalue weighted by atomic mass is 35.5. The lowest BCUT2D eigenvalue weighted by Crippen LogP contribution is -2.52. The molecule has 0 aromatic heterocycles. The second kappa shape index (κ2) is 9.98. The second-order valence-corrected chi connectivity index (χ2v) is 10.2. The Balaban J connectivity index is 1.65. The van der Waals surface area contributed by atoms with Gasteiger partial charge < -0.3 is 5.32 Å². The summed E-state index contributed by atoms with van der Waals surface area (Å²) < 4.78 is 27.5. The quantitative estimate of drug-likeness (QED) is 0.645. The number of piperidine rings is 1. The van der Waals surface area contributed by atoms with Gasteiger partial charge in [0, 0.05) is 23.0 Å². The largest absolute Gasteiger partial charge is 0.354 e. The number of nitrogens with zero attached hydrogens (tertiary/aromatic N) is 1. The molecule has 0 unspecified atom stereocenters. The van der Waals surface area contributed by atoms with Crippen molar-refractivity contribution in [1.82, 2.24) is 9.62 Å². The SMILES string of the molecule is CSc1ccc(CCNC(=O)[C@H]2CCCCN2S(=O)(=O)c2ccc(Cl)cc2)cc1. The van der Waals surface area contributed by atoms with Crippen LogP contribution in [0.3, 0.4) is 0 Å². The van der Waals surface area contributed by atoms with Crippen LogP contribution < -0.4 is 5.32 Å². The van der Waals surface area contributed by atoms with Crippen molar-refractivity contribution in [3.63, 3.8) is 0 Å². The number of hydrogen-bond acceptors (Lipinski definition) is 4. The van der Waals surface area contributed by atoms with Crippen molar-refractivity contribution in [3.05, 3.63) is 59.1 Å². The third-order valence-electron chi connectivity index (χ3n) is 5.05. The molecule has 2 aromatic rings. The summed E-state index contributed by atoms with van der Waals surface area (Å²) in [5, 5.41) is 3.40. The molecule has 0 spiro atoms. The van der Waals surface area contributed by atoms with Gasteiger partial charge in [-0.15, -0.1) is 11.8 Å². The molecule has 0 saturated carbocycles. The van der Waals surface area contributed by atoms with E-state index in [9.17, 15) is 13.2 Å². The number of hydrogen-bond donors (Lipinski definition) is 1. The first kappa shape index (κ1) is 22.2. The molecule has 3 rings (SSSR count). The molecule has 1 saturated heterocycles. The van der Waals surface area contributed by atoms with Crippen LogP contribution in [0.15, 0.2) is 58.3 Å². The third-order valence-corrected chi connectivity index (χ3v) is 7.97. The van der Waals surface area contributed by atoms with E-state index in [-0.39, 0.29) is 10.8 Å². The van der Waals surface area contributed by atoms with Crippen molar-refractivity contribution >= 4 is 39.3 Å². The number of carbonyl (C=O) groups excluding carboxylic acids is 1. The van der Waals surface area contributed by atoms with Crippen LogP contribution >= 0.6 is 23.4 Å². The molecule has 1 N–H and O–H groups in total. The monoisotopic (exact) mass is 452 g/mol. The summed E-state index contributed by atoms with van der Waals surface area (Å²) >= 11 is 7.56. The van der Waals surface area contributed by atoms with Crippen molar-refractivity contribution in [1.29, 1.82) is 0 Å². The van der Waals surface area contributed by atoms with E-state index >= 15 is 0 Å². The number of benzene rings is 2. The normalized spacial score (nSPS) is 17.8. The fraction of sp³-hybridized carbons (Fsp3) is 0.381. The Labute approximate surface area is 181 Å². The maximum atomic E-state index is 13.1. The maximum Gasteiger partial charge on any atom is 0.243 e. The molecule has 0 radical (unpaired) electrons. The molecular formula is C21H25ClN2O3S2. The molecule has 1 aliphatic heterocycles. The predicted molar refractivity (Wildman–Crippen MR) is 118 cm³/mol. The van der Waals surface area contributed by atoms with Crippen LogP contribution in [-0.4, -0.2) is 44.0 Å². The highest BCUT2D eigenvalue weighted by Gasteiger charge is 2.37. The van der Waals surface area contributed by atoms with Crippen LogP contribution in [-0.2, 0) is 21.2 Å². The number of sulfonamides is 1. The molecule has 156 valence electrons. The Morgan fingerprint density at radius 2 is 1.83 bits per heavy atom. The highest BCUT2D eigenvalue weighted by Crippen LogP contribution is 2.26. The van der Waals surface area contributed by atoms with E-state index < -0.39 is 16.1 Å². The number of halogens is 1. The van der Waals surface area contributed by atoms with Gasteiger partial charge in [-0.05, 0) is 67.5 Å². The fourth-order valence-corrected chi connectivity index (χ4v) is 5.63. The third kappa shape index (κ3) is 5.54. The van der Waals surface area contributed by atoms with E-state index in [0.29, 0.717) is 31.0 Å². The average molecular weight is 453 g/mol. The first-order valence-corrected chi connectivity index (χ1v) is 12.6. The number of nitrogens with one attached hydrogen (secondary N) is 1. The van der Waals surface area contributed by atoms with Gasteiger partial charge in [-0.3, -0.25) is 4.79 Å². The van der Waals surface area contributed by atoms with Crippen molar-refractivity contribution < 1.29 is 13.2 Å². The lowest BCUT2D eigenvalue weighted by molar-refractivity contribution is -0.125. The smallest absolute Gasteiger partial charge is 0.243 e. The fourth-order valence-electron chi connectivity index (χ4n) is 3.44. The van der Waals surface area contributed by atoms with Gasteiger partial charge in [0.05, 0.1) is 4.90 Å². The van der Waals surface area contributed by atoms with Gasteiger partial charge in [0.1, 0.15) is 6.04 Å². The molecule has 1 heterocycles. The van der Waals surface area contributed by atoms with Crippen LogP contribution in [0.4, 0.5) is 0 Å². The molecule has 1 fully saturated rings. The van der Waals surface area contributed by atoms with Crippen molar-refractivity contribution in [2.45, 2.75) is 41.5 Å². The van der Waals surface area contributed by atoms with E-state index in [2.05, 4.69) is 29.6 Å². The molecule has 5 nitrogen and oxygen atoms in total. The van der Waals surface area contributed by atoms with E-state index in [1.54, 1.807) is 23.9 Å². The van der Waals surface area contributed by atoms with Crippen LogP contribution in [0.25, 0.3) is 0 Å². The van der Waals surface area contributed by atoms with Crippen LogP contribution in [0.5, 0.6) is 0 Å². The van der Waals surface area contributed by atoms with Gasteiger partial charge in [-0.25, -0.2) is 8.42 Å². The lowest BCUT2D eigenvalue weighted by atomic mass is 10.0. The summed E-state index contributed by atoms with van der Waals surface area (Å²) in [4.78, 5) is 14.1. The predicted octanol–water partition coefficient (Wildman–Crippen LogP) is 3.96. The molecule has 8 heteroatoms. The zero-order valence-corrected chi connectivity index (χ0v) is 18.7. The van der Waals surface area contributed by atoms with E-state index in [1.165, 1.54) is 21.3 Å². The van der Waals surface area contributed by atoms with Gasteiger partial charge in [0.15, 0.2) is 0 Å². The first-order chi connectivity index (χ1) is 13.9. The lowest BCUT2D eigenvalue weighted by Gasteiger charge is -2.33. The minimum absolute atomic E-state index is 0.162. The molecule has 0 aliphatic carbocycles. The highest BCUT2D eigenvalue weighted by molar-refractivity contribution is 7.98. The zero-order chi connectivity index (χ0) is 20.9. The Morgan fingerprint density at radius 1 is 1.14 bits per heavy atom. The molecule has 0 bridgehead atoms. The molecule has 1 atom stereocenters. The summed E-state index contributed by atoms with van der Waals surface area (Å²) in [7, 11) is -3.75. The first-order valence-electron chi connectivity index (χ1n) is 9.60. The number of rotatable bonds is 7. The number of thioether (sulfide) groups is 1. The van der Waals surface area contributed by atoms with Gasteiger partial charge in [0.25, 0.3) is 0 Å². The Morgan fingerprint density at radius 3 is 2.48 bits per heavy atom. The Hall–Kier alpha value is -1.54. The van der Waals surface area contributed by atoms with Crippen LogP contribution in [0.2, 0.25) is 5.02 Å². The summed E-state index contributed by atoms with van der Waals surface area (Å²) in [6.45, 7) is 0.821. The van der Waals surface area contributed by atoms with E-state index in [1.807, 2.05) is 6.26 Å². The van der Waals surface area contributed by atoms with Gasteiger partial charge >= 0.3 is 0 Å². The minimum Gasteiger partial charge on any atom is -0.354 e. The van der Waals surface area contributed by atoms with Gasteiger partial charge in [-0.1, -0.05) is 30.2 Å². The van der Waals surface area contributed by atoms with Gasteiger partial charge in [-0.2, -0.15) is 4.31 Å². The Kier molecular flexibility index (Phi) is 7.62. The molecule has 1 aliphatic rings. The summed E-state index contributed by atoms with van der Waals surface area (Å²) in [5.74, 6) is -0.233. The summed E-state index contributed by atoms with van der Waals surface area (Å²) in [6.07, 6.45) is 4.85. The molecule has 29 heavy (non-hydrogen) atoms. The maximum absolute atomic E-state index is 13.1. The van der Waals surface area contributed by atoms with Gasteiger partial charge in [0.2, 0.25) is 15.9 Å². The summed E-state index contributed by atoms with van der Waals surface area (Å²) in [6, 6.07) is 13.6. The van der Waals surface area contributed by atoms with Crippen molar-refractivity contribution in [2.24, 2.45) is 0 Å². The molecular weight excluding hydrogens is 428 g/mol. The standard InChI is InChI=1S/C21H25ClN2O3S2/c1-28-18-9-5-16(6-10-18)13-14-23-21(25)20-4-2-3-15-24(20)29(26,27)19-11-7-17(22)8-12-19/h5-12,20H,2-4,13-15H2,1H3,(H,23,25)/t20-/m1/s1. The van der Waals surface area contributed by atoms with Crippen molar-refractivity contribution in [3.8, 4) is 0 Å². The van der Waals surface area contributed by atoms with E-state index in [0.717, 1.165) is 18.4 Å². The number of amides is 1. The Bertz CT molecular complexity index is 931.